The van der Waals surface area contributed by atoms with Crippen LogP contribution in [0.4, 0.5) is 10.3 Å². The molecule has 0 spiro atoms. The second-order valence-corrected chi connectivity index (χ2v) is 7.16. The maximum Gasteiger partial charge on any atom is 0.190 e. The zero-order valence-corrected chi connectivity index (χ0v) is 15.5. The Balaban J connectivity index is 1.61. The molecular weight excluding hydrogens is 358 g/mol. The van der Waals surface area contributed by atoms with Crippen LogP contribution in [0, 0.1) is 6.92 Å². The fourth-order valence-electron chi connectivity index (χ4n) is 2.42. The summed E-state index contributed by atoms with van der Waals surface area (Å²) in [5, 5.41) is 6.75. The van der Waals surface area contributed by atoms with Crippen molar-refractivity contribution in [2.75, 3.05) is 19.5 Å². The highest BCUT2D eigenvalue weighted by Crippen LogP contribution is 2.37. The summed E-state index contributed by atoms with van der Waals surface area (Å²) < 4.78 is 17.3. The monoisotopic (exact) mass is 373 g/mol. The highest BCUT2D eigenvalue weighted by atomic mass is 32.1. The molecule has 0 unspecified atom stereocenters. The highest BCUT2D eigenvalue weighted by molar-refractivity contribution is 7.22. The van der Waals surface area contributed by atoms with E-state index >= 15 is 0 Å². The number of thiazole rings is 2. The number of aromatic nitrogens is 2. The van der Waals surface area contributed by atoms with Crippen molar-refractivity contribution in [2.45, 2.75) is 6.92 Å². The van der Waals surface area contributed by atoms with Gasteiger partial charge in [-0.1, -0.05) is 11.3 Å². The van der Waals surface area contributed by atoms with Crippen molar-refractivity contribution in [1.82, 2.24) is 9.97 Å². The third-order valence-corrected chi connectivity index (χ3v) is 5.30. The van der Waals surface area contributed by atoms with Gasteiger partial charge in [-0.25, -0.2) is 9.97 Å². The van der Waals surface area contributed by atoms with Gasteiger partial charge >= 0.3 is 0 Å². The zero-order chi connectivity index (χ0) is 17.4. The molecule has 0 aliphatic rings. The van der Waals surface area contributed by atoms with Crippen LogP contribution in [0.3, 0.4) is 0 Å². The summed E-state index contributed by atoms with van der Waals surface area (Å²) in [6.07, 6.45) is 0. The van der Waals surface area contributed by atoms with Gasteiger partial charge in [-0.05, 0) is 19.1 Å². The van der Waals surface area contributed by atoms with Crippen molar-refractivity contribution in [1.29, 1.82) is 0 Å². The molecule has 3 heterocycles. The molecule has 0 radical (unpaired) electrons. The molecule has 1 aromatic carbocycles. The van der Waals surface area contributed by atoms with Gasteiger partial charge in [-0.2, -0.15) is 0 Å². The molecule has 8 heteroatoms. The average molecular weight is 373 g/mol. The van der Waals surface area contributed by atoms with Crippen molar-refractivity contribution in [3.05, 3.63) is 35.4 Å². The predicted molar refractivity (Wildman–Crippen MR) is 101 cm³/mol. The normalized spacial score (nSPS) is 11.0. The van der Waals surface area contributed by atoms with Crippen LogP contribution in [-0.4, -0.2) is 24.2 Å². The fourth-order valence-corrected chi connectivity index (χ4v) is 4.06. The van der Waals surface area contributed by atoms with Crippen LogP contribution >= 0.6 is 22.7 Å². The van der Waals surface area contributed by atoms with E-state index in [0.717, 1.165) is 37.7 Å². The molecule has 6 nitrogen and oxygen atoms in total. The number of nitrogens with one attached hydrogen (secondary N) is 1. The van der Waals surface area contributed by atoms with Gasteiger partial charge in [0.15, 0.2) is 27.5 Å². The standard InChI is InChI=1S/C17H15N3O3S2/c1-9-4-5-12(23-9)11-8-24-16(19-11)20-17-18-10-6-13(21-2)14(22-3)7-15(10)25-17/h4-8H,1-3H3,(H,18,19,20). The van der Waals surface area contributed by atoms with Crippen LogP contribution in [0.1, 0.15) is 5.76 Å². The van der Waals surface area contributed by atoms with Crippen LogP contribution in [0.2, 0.25) is 0 Å². The summed E-state index contributed by atoms with van der Waals surface area (Å²) in [4.78, 5) is 9.15. The Hall–Kier alpha value is -2.58. The molecule has 0 aliphatic heterocycles. The number of fused-ring (bicyclic) bond motifs is 1. The van der Waals surface area contributed by atoms with Crippen LogP contribution in [0.25, 0.3) is 21.7 Å². The Labute approximate surface area is 152 Å². The Morgan fingerprint density at radius 3 is 2.56 bits per heavy atom. The van der Waals surface area contributed by atoms with Crippen LogP contribution in [-0.2, 0) is 0 Å². The van der Waals surface area contributed by atoms with Crippen LogP contribution in [0.15, 0.2) is 34.1 Å². The van der Waals surface area contributed by atoms with E-state index in [0.29, 0.717) is 11.5 Å². The number of hydrogen-bond acceptors (Lipinski definition) is 8. The van der Waals surface area contributed by atoms with Gasteiger partial charge in [-0.15, -0.1) is 11.3 Å². The first-order chi connectivity index (χ1) is 12.2. The van der Waals surface area contributed by atoms with Crippen molar-refractivity contribution in [3.8, 4) is 23.0 Å². The number of aryl methyl sites for hydroxylation is 1. The topological polar surface area (TPSA) is 69.4 Å². The molecule has 128 valence electrons. The number of hydrogen-bond donors (Lipinski definition) is 1. The smallest absolute Gasteiger partial charge is 0.190 e. The molecule has 0 amide bonds. The Kier molecular flexibility index (Phi) is 4.06. The average Bonchev–Trinajstić information content (AvgIpc) is 3.32. The molecule has 4 rings (SSSR count). The number of methoxy groups -OCH3 is 2. The molecule has 3 aromatic heterocycles. The van der Waals surface area contributed by atoms with Gasteiger partial charge in [0.2, 0.25) is 0 Å². The minimum Gasteiger partial charge on any atom is -0.493 e. The summed E-state index contributed by atoms with van der Waals surface area (Å²) in [6, 6.07) is 7.64. The van der Waals surface area contributed by atoms with E-state index in [4.69, 9.17) is 13.9 Å². The summed E-state index contributed by atoms with van der Waals surface area (Å²) in [6.45, 7) is 1.92. The Morgan fingerprint density at radius 1 is 1.04 bits per heavy atom. The van der Waals surface area contributed by atoms with Crippen molar-refractivity contribution >= 4 is 43.2 Å². The maximum absolute atomic E-state index is 5.61. The first-order valence-corrected chi connectivity index (χ1v) is 9.18. The molecule has 0 saturated carbocycles. The zero-order valence-electron chi connectivity index (χ0n) is 13.8. The molecule has 4 aromatic rings. The number of rotatable bonds is 5. The quantitative estimate of drug-likeness (QED) is 0.526. The Morgan fingerprint density at radius 2 is 1.84 bits per heavy atom. The van der Waals surface area contributed by atoms with Gasteiger partial charge in [0.25, 0.3) is 0 Å². The van der Waals surface area contributed by atoms with Crippen LogP contribution in [0.5, 0.6) is 11.5 Å². The van der Waals surface area contributed by atoms with E-state index in [1.54, 1.807) is 14.2 Å². The molecule has 0 bridgehead atoms. The van der Waals surface area contributed by atoms with Gasteiger partial charge in [0.05, 0.1) is 24.4 Å². The van der Waals surface area contributed by atoms with E-state index in [1.165, 1.54) is 22.7 Å². The van der Waals surface area contributed by atoms with Gasteiger partial charge in [0.1, 0.15) is 11.5 Å². The SMILES string of the molecule is COc1cc2nc(Nc3nc(-c4ccc(C)o4)cs3)sc2cc1OC. The minimum atomic E-state index is 0.663. The lowest BCUT2D eigenvalue weighted by molar-refractivity contribution is 0.356. The van der Waals surface area contributed by atoms with Gasteiger partial charge < -0.3 is 19.2 Å². The lowest BCUT2D eigenvalue weighted by Gasteiger charge is -2.05. The van der Waals surface area contributed by atoms with Gasteiger partial charge in [0, 0.05) is 17.5 Å². The summed E-state index contributed by atoms with van der Waals surface area (Å²) in [5.41, 5.74) is 1.66. The first kappa shape index (κ1) is 15.9. The van der Waals surface area contributed by atoms with E-state index in [2.05, 4.69) is 15.3 Å². The van der Waals surface area contributed by atoms with E-state index in [-0.39, 0.29) is 0 Å². The van der Waals surface area contributed by atoms with Crippen LogP contribution < -0.4 is 14.8 Å². The molecular formula is C17H15N3O3S2. The second kappa shape index (κ2) is 6.38. The first-order valence-electron chi connectivity index (χ1n) is 7.48. The maximum atomic E-state index is 5.61. The lowest BCUT2D eigenvalue weighted by Crippen LogP contribution is -1.90. The lowest BCUT2D eigenvalue weighted by atomic mass is 10.3. The van der Waals surface area contributed by atoms with E-state index in [1.807, 2.05) is 36.6 Å². The van der Waals surface area contributed by atoms with Crippen molar-refractivity contribution in [3.63, 3.8) is 0 Å². The van der Waals surface area contributed by atoms with Gasteiger partial charge in [-0.3, -0.25) is 0 Å². The number of anilines is 2. The molecule has 0 atom stereocenters. The number of ether oxygens (including phenoxy) is 2. The summed E-state index contributed by atoms with van der Waals surface area (Å²) >= 11 is 3.04. The molecule has 25 heavy (non-hydrogen) atoms. The molecule has 0 saturated heterocycles. The third-order valence-electron chi connectivity index (χ3n) is 3.60. The second-order valence-electron chi connectivity index (χ2n) is 5.27. The Bertz CT molecular complexity index is 994. The summed E-state index contributed by atoms with van der Waals surface area (Å²) in [5.74, 6) is 2.98. The number of nitrogens with zero attached hydrogens (tertiary/aromatic N) is 2. The van der Waals surface area contributed by atoms with Crippen molar-refractivity contribution < 1.29 is 13.9 Å². The largest absolute Gasteiger partial charge is 0.493 e. The molecule has 1 N–H and O–H groups in total. The summed E-state index contributed by atoms with van der Waals surface area (Å²) in [7, 11) is 3.24. The predicted octanol–water partition coefficient (Wildman–Crippen LogP) is 5.08. The number of furan rings is 1. The minimum absolute atomic E-state index is 0.663. The van der Waals surface area contributed by atoms with E-state index < -0.39 is 0 Å². The third kappa shape index (κ3) is 3.06. The number of benzene rings is 1. The van der Waals surface area contributed by atoms with Crippen molar-refractivity contribution in [2.24, 2.45) is 0 Å². The molecule has 0 fully saturated rings. The highest BCUT2D eigenvalue weighted by Gasteiger charge is 2.13. The molecule has 0 aliphatic carbocycles. The van der Waals surface area contributed by atoms with E-state index in [9.17, 15) is 0 Å². The fraction of sp³-hybridized carbons (Fsp3) is 0.176.